The molecule has 2 amide bonds. The number of carbonyl (C=O) groups excluding carboxylic acids is 3. The van der Waals surface area contributed by atoms with Gasteiger partial charge in [-0.25, -0.2) is 9.78 Å². The molecule has 0 saturated heterocycles. The summed E-state index contributed by atoms with van der Waals surface area (Å²) in [6.07, 6.45) is 8.87. The molecule has 3 aromatic rings. The largest absolute Gasteiger partial charge is 0.452 e. The average Bonchev–Trinajstić information content (AvgIpc) is 3.59. The van der Waals surface area contributed by atoms with Gasteiger partial charge < -0.3 is 15.4 Å². The summed E-state index contributed by atoms with van der Waals surface area (Å²) < 4.78 is 7.12. The molecule has 0 aliphatic heterocycles. The molecule has 2 N–H and O–H groups in total. The number of rotatable bonds is 8. The SMILES string of the molecule is Cc1cc(/C=C/C(=O)OCC(=O)Nc2ccccc2C(=O)NC2CCCC2)c(C)n1-c1nccs1. The van der Waals surface area contributed by atoms with Gasteiger partial charge in [-0.15, -0.1) is 11.3 Å². The van der Waals surface area contributed by atoms with E-state index in [4.69, 9.17) is 4.74 Å². The molecule has 0 atom stereocenters. The highest BCUT2D eigenvalue weighted by Gasteiger charge is 2.20. The molecule has 1 saturated carbocycles. The second-order valence-electron chi connectivity index (χ2n) is 8.47. The number of anilines is 1. The predicted molar refractivity (Wildman–Crippen MR) is 136 cm³/mol. The fourth-order valence-corrected chi connectivity index (χ4v) is 4.98. The number of hydrogen-bond donors (Lipinski definition) is 2. The number of ether oxygens (including phenoxy) is 1. The number of nitrogens with zero attached hydrogens (tertiary/aromatic N) is 2. The predicted octanol–water partition coefficient (Wildman–Crippen LogP) is 4.42. The zero-order valence-electron chi connectivity index (χ0n) is 19.7. The van der Waals surface area contributed by atoms with Gasteiger partial charge in [0.1, 0.15) is 0 Å². The Morgan fingerprint density at radius 3 is 2.71 bits per heavy atom. The number of para-hydroxylation sites is 1. The molecule has 0 spiro atoms. The molecule has 0 radical (unpaired) electrons. The molecular formula is C26H28N4O4S. The normalized spacial score (nSPS) is 13.8. The molecule has 182 valence electrons. The van der Waals surface area contributed by atoms with E-state index in [9.17, 15) is 14.4 Å². The van der Waals surface area contributed by atoms with Gasteiger partial charge in [0, 0.05) is 35.1 Å². The zero-order valence-corrected chi connectivity index (χ0v) is 20.6. The number of benzene rings is 1. The number of thiazole rings is 1. The summed E-state index contributed by atoms with van der Waals surface area (Å²) in [6.45, 7) is 3.47. The minimum atomic E-state index is -0.633. The van der Waals surface area contributed by atoms with E-state index in [2.05, 4.69) is 15.6 Å². The second kappa shape index (κ2) is 11.1. The molecule has 1 aliphatic carbocycles. The number of aryl methyl sites for hydroxylation is 1. The Morgan fingerprint density at radius 1 is 1.20 bits per heavy atom. The monoisotopic (exact) mass is 492 g/mol. The maximum atomic E-state index is 12.7. The van der Waals surface area contributed by atoms with Crippen molar-refractivity contribution in [3.8, 4) is 5.13 Å². The van der Waals surface area contributed by atoms with Crippen LogP contribution in [0.2, 0.25) is 0 Å². The van der Waals surface area contributed by atoms with Crippen LogP contribution >= 0.6 is 11.3 Å². The van der Waals surface area contributed by atoms with E-state index in [-0.39, 0.29) is 11.9 Å². The van der Waals surface area contributed by atoms with Crippen LogP contribution in [0.25, 0.3) is 11.2 Å². The van der Waals surface area contributed by atoms with Crippen LogP contribution in [-0.4, -0.2) is 40.0 Å². The summed E-state index contributed by atoms with van der Waals surface area (Å²) in [5.74, 6) is -1.37. The van der Waals surface area contributed by atoms with E-state index in [1.165, 1.54) is 17.4 Å². The highest BCUT2D eigenvalue weighted by Crippen LogP contribution is 2.23. The number of amides is 2. The zero-order chi connectivity index (χ0) is 24.8. The van der Waals surface area contributed by atoms with Crippen LogP contribution < -0.4 is 10.6 Å². The molecule has 2 heterocycles. The summed E-state index contributed by atoms with van der Waals surface area (Å²) in [4.78, 5) is 41.6. The topological polar surface area (TPSA) is 102 Å². The van der Waals surface area contributed by atoms with Crippen molar-refractivity contribution in [2.24, 2.45) is 0 Å². The van der Waals surface area contributed by atoms with Gasteiger partial charge in [0.05, 0.1) is 11.3 Å². The lowest BCUT2D eigenvalue weighted by atomic mass is 10.1. The Labute approximate surface area is 208 Å². The summed E-state index contributed by atoms with van der Waals surface area (Å²) in [6, 6.07) is 8.93. The van der Waals surface area contributed by atoms with Crippen LogP contribution in [0.3, 0.4) is 0 Å². The maximum Gasteiger partial charge on any atom is 0.331 e. The van der Waals surface area contributed by atoms with Gasteiger partial charge in [-0.1, -0.05) is 25.0 Å². The summed E-state index contributed by atoms with van der Waals surface area (Å²) in [5.41, 5.74) is 3.58. The van der Waals surface area contributed by atoms with Gasteiger partial charge in [0.15, 0.2) is 11.7 Å². The third-order valence-electron chi connectivity index (χ3n) is 5.96. The van der Waals surface area contributed by atoms with E-state index in [0.717, 1.165) is 47.8 Å². The minimum absolute atomic E-state index is 0.171. The molecule has 1 fully saturated rings. The molecular weight excluding hydrogens is 464 g/mol. The van der Waals surface area contributed by atoms with Crippen LogP contribution in [-0.2, 0) is 14.3 Å². The van der Waals surface area contributed by atoms with Crippen molar-refractivity contribution in [3.63, 3.8) is 0 Å². The van der Waals surface area contributed by atoms with E-state index in [0.29, 0.717) is 11.3 Å². The summed E-state index contributed by atoms with van der Waals surface area (Å²) >= 11 is 1.53. The summed E-state index contributed by atoms with van der Waals surface area (Å²) in [5, 5.41) is 8.46. The summed E-state index contributed by atoms with van der Waals surface area (Å²) in [7, 11) is 0. The minimum Gasteiger partial charge on any atom is -0.452 e. The number of aromatic nitrogens is 2. The van der Waals surface area contributed by atoms with Gasteiger partial charge >= 0.3 is 5.97 Å². The lowest BCUT2D eigenvalue weighted by molar-refractivity contribution is -0.142. The van der Waals surface area contributed by atoms with E-state index < -0.39 is 18.5 Å². The number of nitrogens with one attached hydrogen (secondary N) is 2. The van der Waals surface area contributed by atoms with E-state index >= 15 is 0 Å². The first-order valence-electron chi connectivity index (χ1n) is 11.6. The van der Waals surface area contributed by atoms with Crippen molar-refractivity contribution in [3.05, 3.63) is 70.5 Å². The molecule has 1 aromatic carbocycles. The van der Waals surface area contributed by atoms with Crippen LogP contribution in [0.5, 0.6) is 0 Å². The first kappa shape index (κ1) is 24.4. The number of carbonyl (C=O) groups is 3. The molecule has 0 bridgehead atoms. The highest BCUT2D eigenvalue weighted by atomic mass is 32.1. The number of esters is 1. The standard InChI is InChI=1S/C26H28N4O4S/c1-17-15-19(18(2)30(17)26-27-13-14-35-26)11-12-24(32)34-16-23(31)29-22-10-6-5-9-21(22)25(33)28-20-7-3-4-8-20/h5-6,9-15,20H,3-4,7-8,16H2,1-2H3,(H,28,33)(H,29,31)/b12-11+. The van der Waals surface area contributed by atoms with Crippen LogP contribution in [0, 0.1) is 13.8 Å². The average molecular weight is 493 g/mol. The Hall–Kier alpha value is -3.72. The van der Waals surface area contributed by atoms with Crippen molar-refractivity contribution < 1.29 is 19.1 Å². The van der Waals surface area contributed by atoms with Crippen molar-refractivity contribution in [1.29, 1.82) is 0 Å². The molecule has 2 aromatic heterocycles. The Kier molecular flexibility index (Phi) is 7.77. The van der Waals surface area contributed by atoms with Gasteiger partial charge in [-0.3, -0.25) is 14.2 Å². The fourth-order valence-electron chi connectivity index (χ4n) is 4.23. The van der Waals surface area contributed by atoms with Crippen LogP contribution in [0.4, 0.5) is 5.69 Å². The van der Waals surface area contributed by atoms with Gasteiger partial charge in [0.25, 0.3) is 11.8 Å². The van der Waals surface area contributed by atoms with Gasteiger partial charge in [-0.2, -0.15) is 0 Å². The van der Waals surface area contributed by atoms with Crippen molar-refractivity contribution >= 4 is 40.9 Å². The molecule has 1 aliphatic rings. The Balaban J connectivity index is 1.32. The van der Waals surface area contributed by atoms with Crippen molar-refractivity contribution in [2.75, 3.05) is 11.9 Å². The van der Waals surface area contributed by atoms with Crippen molar-refractivity contribution in [1.82, 2.24) is 14.9 Å². The molecule has 9 heteroatoms. The molecule has 4 rings (SSSR count). The third-order valence-corrected chi connectivity index (χ3v) is 6.72. The van der Waals surface area contributed by atoms with E-state index in [1.807, 2.05) is 29.9 Å². The first-order chi connectivity index (χ1) is 16.9. The Morgan fingerprint density at radius 2 is 1.97 bits per heavy atom. The quantitative estimate of drug-likeness (QED) is 0.358. The lowest BCUT2D eigenvalue weighted by Gasteiger charge is -2.15. The first-order valence-corrected chi connectivity index (χ1v) is 12.4. The van der Waals surface area contributed by atoms with Gasteiger partial charge in [0.2, 0.25) is 0 Å². The third kappa shape index (κ3) is 6.05. The smallest absolute Gasteiger partial charge is 0.331 e. The van der Waals surface area contributed by atoms with Crippen molar-refractivity contribution in [2.45, 2.75) is 45.6 Å². The lowest BCUT2D eigenvalue weighted by Crippen LogP contribution is -2.33. The second-order valence-corrected chi connectivity index (χ2v) is 9.34. The van der Waals surface area contributed by atoms with E-state index in [1.54, 1.807) is 36.5 Å². The molecule has 8 nitrogen and oxygen atoms in total. The van der Waals surface area contributed by atoms with Crippen LogP contribution in [0.1, 0.15) is 53.0 Å². The fraction of sp³-hybridized carbons (Fsp3) is 0.308. The molecule has 0 unspecified atom stereocenters. The maximum absolute atomic E-state index is 12.7. The Bertz CT molecular complexity index is 1240. The molecule has 35 heavy (non-hydrogen) atoms. The van der Waals surface area contributed by atoms with Crippen LogP contribution in [0.15, 0.2) is 48.0 Å². The van der Waals surface area contributed by atoms with Gasteiger partial charge in [-0.05, 0) is 56.5 Å². The highest BCUT2D eigenvalue weighted by molar-refractivity contribution is 7.12. The number of hydrogen-bond acceptors (Lipinski definition) is 6.